The minimum atomic E-state index is -4.03. The molecule has 9 heteroatoms. The third-order valence-corrected chi connectivity index (χ3v) is 6.42. The quantitative estimate of drug-likeness (QED) is 0.744. The lowest BCUT2D eigenvalue weighted by Gasteiger charge is -2.10. The van der Waals surface area contributed by atoms with Gasteiger partial charge in [-0.25, -0.2) is 16.8 Å². The molecule has 0 spiro atoms. The van der Waals surface area contributed by atoms with Gasteiger partial charge in [-0.3, -0.25) is 0 Å². The Hall–Kier alpha value is -1.26. The third kappa shape index (κ3) is 3.93. The summed E-state index contributed by atoms with van der Waals surface area (Å²) >= 11 is 3.11. The number of rotatable bonds is 5. The Bertz CT molecular complexity index is 879. The van der Waals surface area contributed by atoms with Crippen LogP contribution < -0.4 is 9.66 Å². The number of aryl methyl sites for hydroxylation is 1. The molecule has 2 rings (SSSR count). The van der Waals surface area contributed by atoms with Crippen molar-refractivity contribution in [2.45, 2.75) is 16.7 Å². The molecule has 0 fully saturated rings. The van der Waals surface area contributed by atoms with Crippen molar-refractivity contribution >= 4 is 36.0 Å². The largest absolute Gasteiger partial charge is 0.255 e. The number of benzene rings is 2. The monoisotopic (exact) mass is 404 g/mol. The fourth-order valence-corrected chi connectivity index (χ4v) is 4.71. The first-order chi connectivity index (χ1) is 10.2. The van der Waals surface area contributed by atoms with Crippen LogP contribution in [0, 0.1) is 6.92 Å². The first kappa shape index (κ1) is 17.1. The zero-order valence-electron chi connectivity index (χ0n) is 11.4. The summed E-state index contributed by atoms with van der Waals surface area (Å²) in [6.45, 7) is 1.82. The van der Waals surface area contributed by atoms with Crippen molar-refractivity contribution in [3.8, 4) is 0 Å². The fraction of sp³-hybridized carbons (Fsp3) is 0.0769. The zero-order valence-corrected chi connectivity index (χ0v) is 14.7. The molecule has 6 nitrogen and oxygen atoms in total. The molecule has 0 unspecified atom stereocenters. The van der Waals surface area contributed by atoms with Crippen LogP contribution in [0.2, 0.25) is 0 Å². The van der Waals surface area contributed by atoms with E-state index >= 15 is 0 Å². The van der Waals surface area contributed by atoms with Gasteiger partial charge in [0, 0.05) is 4.47 Å². The van der Waals surface area contributed by atoms with Gasteiger partial charge in [0.15, 0.2) is 0 Å². The standard InChI is InChI=1S/C13H13BrN2O4S2/c1-10-6-8-11(9-7-10)21(17,18)15-16-22(19,20)13-5-3-2-4-12(13)14/h2-9,15-16H,1H3. The summed E-state index contributed by atoms with van der Waals surface area (Å²) in [6, 6.07) is 12.1. The van der Waals surface area contributed by atoms with Crippen LogP contribution >= 0.6 is 15.9 Å². The van der Waals surface area contributed by atoms with E-state index in [1.165, 1.54) is 24.3 Å². The van der Waals surface area contributed by atoms with Gasteiger partial charge in [0.1, 0.15) is 0 Å². The van der Waals surface area contributed by atoms with Crippen LogP contribution in [0.4, 0.5) is 0 Å². The maximum Gasteiger partial charge on any atom is 0.255 e. The van der Waals surface area contributed by atoms with Crippen LogP contribution in [-0.2, 0) is 20.0 Å². The molecule has 2 aromatic rings. The summed E-state index contributed by atoms with van der Waals surface area (Å²) in [5.41, 5.74) is 0.896. The van der Waals surface area contributed by atoms with Gasteiger partial charge in [0.25, 0.3) is 20.0 Å². The second-order valence-corrected chi connectivity index (χ2v) is 8.64. The molecule has 0 amide bonds. The van der Waals surface area contributed by atoms with Gasteiger partial charge >= 0.3 is 0 Å². The van der Waals surface area contributed by atoms with E-state index in [1.54, 1.807) is 24.3 Å². The third-order valence-electron chi connectivity index (χ3n) is 2.77. The average molecular weight is 405 g/mol. The Kier molecular flexibility index (Phi) is 5.03. The van der Waals surface area contributed by atoms with Crippen molar-refractivity contribution in [2.75, 3.05) is 0 Å². The highest BCUT2D eigenvalue weighted by atomic mass is 79.9. The van der Waals surface area contributed by atoms with Gasteiger partial charge in [-0.2, -0.15) is 0 Å². The second-order valence-electron chi connectivity index (χ2n) is 4.45. The molecule has 0 aliphatic rings. The maximum absolute atomic E-state index is 12.1. The number of hydrazine groups is 1. The predicted octanol–water partition coefficient (Wildman–Crippen LogP) is 1.93. The molecule has 2 aromatic carbocycles. The Morgan fingerprint density at radius 3 is 1.95 bits per heavy atom. The summed E-state index contributed by atoms with van der Waals surface area (Å²) in [5, 5.41) is 0. The minimum Gasteiger partial charge on any atom is -0.206 e. The van der Waals surface area contributed by atoms with Gasteiger partial charge in [0.2, 0.25) is 0 Å². The van der Waals surface area contributed by atoms with E-state index in [-0.39, 0.29) is 9.79 Å². The van der Waals surface area contributed by atoms with Crippen molar-refractivity contribution in [2.24, 2.45) is 0 Å². The maximum atomic E-state index is 12.1. The summed E-state index contributed by atoms with van der Waals surface area (Å²) < 4.78 is 48.7. The van der Waals surface area contributed by atoms with Crippen molar-refractivity contribution in [1.82, 2.24) is 9.66 Å². The molecular formula is C13H13BrN2O4S2. The van der Waals surface area contributed by atoms with E-state index in [0.717, 1.165) is 5.56 Å². The normalized spacial score (nSPS) is 12.3. The number of nitrogens with one attached hydrogen (secondary N) is 2. The SMILES string of the molecule is Cc1ccc(S(=O)(=O)NNS(=O)(=O)c2ccccc2Br)cc1. The Labute approximate surface area is 137 Å². The molecule has 0 saturated heterocycles. The van der Waals surface area contributed by atoms with Gasteiger partial charge in [-0.15, -0.1) is 9.66 Å². The lowest BCUT2D eigenvalue weighted by Crippen LogP contribution is -2.41. The summed E-state index contributed by atoms with van der Waals surface area (Å²) in [6.07, 6.45) is 0. The molecular weight excluding hydrogens is 392 g/mol. The van der Waals surface area contributed by atoms with Crippen molar-refractivity contribution in [3.05, 3.63) is 58.6 Å². The lowest BCUT2D eigenvalue weighted by molar-refractivity contribution is 0.557. The fourth-order valence-electron chi connectivity index (χ4n) is 1.60. The van der Waals surface area contributed by atoms with E-state index in [1.807, 2.05) is 16.6 Å². The zero-order chi connectivity index (χ0) is 16.4. The molecule has 0 aromatic heterocycles. The molecule has 0 heterocycles. The first-order valence-corrected chi connectivity index (χ1v) is 9.83. The average Bonchev–Trinajstić information content (AvgIpc) is 2.46. The van der Waals surface area contributed by atoms with Crippen molar-refractivity contribution in [3.63, 3.8) is 0 Å². The second kappa shape index (κ2) is 6.47. The van der Waals surface area contributed by atoms with E-state index in [0.29, 0.717) is 4.47 Å². The molecule has 22 heavy (non-hydrogen) atoms. The topological polar surface area (TPSA) is 92.3 Å². The van der Waals surface area contributed by atoms with Gasteiger partial charge in [0.05, 0.1) is 9.79 Å². The number of sulfonamides is 2. The highest BCUT2D eigenvalue weighted by molar-refractivity contribution is 9.10. The van der Waals surface area contributed by atoms with Gasteiger partial charge in [-0.05, 0) is 47.1 Å². The molecule has 0 saturated carbocycles. The summed E-state index contributed by atoms with van der Waals surface area (Å²) in [5.74, 6) is 0. The van der Waals surface area contributed by atoms with Crippen LogP contribution in [0.5, 0.6) is 0 Å². The highest BCUT2D eigenvalue weighted by Gasteiger charge is 2.21. The van der Waals surface area contributed by atoms with Crippen LogP contribution in [0.15, 0.2) is 62.8 Å². The van der Waals surface area contributed by atoms with Crippen LogP contribution in [0.3, 0.4) is 0 Å². The van der Waals surface area contributed by atoms with Crippen molar-refractivity contribution in [1.29, 1.82) is 0 Å². The lowest BCUT2D eigenvalue weighted by atomic mass is 10.2. The van der Waals surface area contributed by atoms with E-state index in [9.17, 15) is 16.8 Å². The highest BCUT2D eigenvalue weighted by Crippen LogP contribution is 2.20. The van der Waals surface area contributed by atoms with Crippen LogP contribution in [-0.4, -0.2) is 16.8 Å². The Morgan fingerprint density at radius 2 is 1.36 bits per heavy atom. The molecule has 0 bridgehead atoms. The van der Waals surface area contributed by atoms with Crippen molar-refractivity contribution < 1.29 is 16.8 Å². The first-order valence-electron chi connectivity index (χ1n) is 6.07. The molecule has 0 atom stereocenters. The molecule has 118 valence electrons. The number of halogens is 1. The molecule has 2 N–H and O–H groups in total. The number of hydrogen-bond acceptors (Lipinski definition) is 4. The molecule has 0 radical (unpaired) electrons. The van der Waals surface area contributed by atoms with Crippen LogP contribution in [0.1, 0.15) is 5.56 Å². The van der Waals surface area contributed by atoms with E-state index in [2.05, 4.69) is 15.9 Å². The predicted molar refractivity (Wildman–Crippen MR) is 86.0 cm³/mol. The van der Waals surface area contributed by atoms with E-state index in [4.69, 9.17) is 0 Å². The summed E-state index contributed by atoms with van der Waals surface area (Å²) in [4.78, 5) is 3.65. The Morgan fingerprint density at radius 1 is 0.818 bits per heavy atom. The number of hydrogen-bond donors (Lipinski definition) is 2. The van der Waals surface area contributed by atoms with Gasteiger partial charge < -0.3 is 0 Å². The molecule has 0 aliphatic carbocycles. The smallest absolute Gasteiger partial charge is 0.206 e. The van der Waals surface area contributed by atoms with Gasteiger partial charge in [-0.1, -0.05) is 29.8 Å². The Balaban J connectivity index is 2.22. The molecule has 0 aliphatic heterocycles. The van der Waals surface area contributed by atoms with E-state index < -0.39 is 20.0 Å². The van der Waals surface area contributed by atoms with Crippen LogP contribution in [0.25, 0.3) is 0 Å². The summed E-state index contributed by atoms with van der Waals surface area (Å²) in [7, 11) is -8.01. The minimum absolute atomic E-state index is 0.0343.